The Bertz CT molecular complexity index is 1930. The molecule has 1 unspecified atom stereocenters. The van der Waals surface area contributed by atoms with E-state index in [1.165, 1.54) is 54.9 Å². The Balaban J connectivity index is 1.41. The molecule has 1 heteroatoms. The van der Waals surface area contributed by atoms with Gasteiger partial charge in [-0.25, -0.2) is 0 Å². The lowest BCUT2D eigenvalue weighted by Gasteiger charge is -2.38. The molecule has 1 heterocycles. The van der Waals surface area contributed by atoms with Crippen LogP contribution in [0.5, 0.6) is 5.75 Å². The Hall–Kier alpha value is -4.62. The lowest BCUT2D eigenvalue weighted by molar-refractivity contribution is 0.163. The number of fused-ring (bicyclic) bond motifs is 10. The Morgan fingerprint density at radius 1 is 0.590 bits per heavy atom. The fourth-order valence-corrected chi connectivity index (χ4v) is 6.78. The molecule has 6 aromatic carbocycles. The van der Waals surface area contributed by atoms with Crippen LogP contribution in [0.25, 0.3) is 38.7 Å². The summed E-state index contributed by atoms with van der Waals surface area (Å²) in [5, 5.41) is 5.13. The van der Waals surface area contributed by atoms with Crippen molar-refractivity contribution in [3.63, 3.8) is 0 Å². The third kappa shape index (κ3) is 3.26. The van der Waals surface area contributed by atoms with Crippen LogP contribution in [0, 0.1) is 6.92 Å². The standard InChI is InChI=1S/C38H28O/c1-25-15-18-28(19-16-25)38(27-10-3-2-4-11-27)24-23-35-33-22-21-30-29-12-6-5-9-26(29)17-20-32(30)36(33)31-13-7-8-14-34(31)37(35)39-38/h2-20,23-24H,21-22H2,1H3. The van der Waals surface area contributed by atoms with Gasteiger partial charge >= 0.3 is 0 Å². The predicted molar refractivity (Wildman–Crippen MR) is 162 cm³/mol. The van der Waals surface area contributed by atoms with Crippen molar-refractivity contribution < 1.29 is 4.74 Å². The second kappa shape index (κ2) is 8.44. The first-order valence-electron chi connectivity index (χ1n) is 13.8. The van der Waals surface area contributed by atoms with Crippen molar-refractivity contribution in [1.29, 1.82) is 0 Å². The summed E-state index contributed by atoms with van der Waals surface area (Å²) in [6.07, 6.45) is 6.65. The van der Waals surface area contributed by atoms with Gasteiger partial charge < -0.3 is 4.74 Å². The summed E-state index contributed by atoms with van der Waals surface area (Å²) >= 11 is 0. The molecule has 0 aromatic heterocycles. The summed E-state index contributed by atoms with van der Waals surface area (Å²) in [4.78, 5) is 0. The zero-order chi connectivity index (χ0) is 26.0. The Kier molecular flexibility index (Phi) is 4.84. The third-order valence-electron chi connectivity index (χ3n) is 8.68. The van der Waals surface area contributed by atoms with Crippen molar-refractivity contribution in [1.82, 2.24) is 0 Å². The molecule has 39 heavy (non-hydrogen) atoms. The first-order valence-corrected chi connectivity index (χ1v) is 13.8. The van der Waals surface area contributed by atoms with E-state index in [9.17, 15) is 0 Å². The largest absolute Gasteiger partial charge is 0.472 e. The van der Waals surface area contributed by atoms with Gasteiger partial charge in [0.2, 0.25) is 0 Å². The summed E-state index contributed by atoms with van der Waals surface area (Å²) in [7, 11) is 0. The van der Waals surface area contributed by atoms with Gasteiger partial charge in [0, 0.05) is 22.1 Å². The zero-order valence-corrected chi connectivity index (χ0v) is 21.9. The molecule has 0 spiro atoms. The minimum Gasteiger partial charge on any atom is -0.472 e. The van der Waals surface area contributed by atoms with Crippen LogP contribution in [-0.4, -0.2) is 0 Å². The highest BCUT2D eigenvalue weighted by Crippen LogP contribution is 2.51. The van der Waals surface area contributed by atoms with E-state index in [-0.39, 0.29) is 0 Å². The predicted octanol–water partition coefficient (Wildman–Crippen LogP) is 9.42. The molecule has 0 saturated carbocycles. The molecule has 0 saturated heterocycles. The molecule has 186 valence electrons. The highest BCUT2D eigenvalue weighted by atomic mass is 16.5. The van der Waals surface area contributed by atoms with Gasteiger partial charge in [-0.05, 0) is 64.3 Å². The van der Waals surface area contributed by atoms with E-state index < -0.39 is 5.60 Å². The average Bonchev–Trinajstić information content (AvgIpc) is 3.01. The number of benzene rings is 6. The third-order valence-corrected chi connectivity index (χ3v) is 8.68. The number of aryl methyl sites for hydroxylation is 2. The summed E-state index contributed by atoms with van der Waals surface area (Å²) in [5.41, 5.74) is 9.64. The summed E-state index contributed by atoms with van der Waals surface area (Å²) in [6.45, 7) is 2.13. The SMILES string of the molecule is Cc1ccc(C2(c3ccccc3)C=Cc3c4c(c5ccccc5c3O2)-c2ccc3ccccc3c2CC4)cc1. The van der Waals surface area contributed by atoms with Crippen LogP contribution >= 0.6 is 0 Å². The molecule has 0 fully saturated rings. The van der Waals surface area contributed by atoms with Crippen molar-refractivity contribution >= 4 is 27.6 Å². The van der Waals surface area contributed by atoms with E-state index in [0.29, 0.717) is 0 Å². The first kappa shape index (κ1) is 22.4. The number of hydrogen-bond acceptors (Lipinski definition) is 1. The maximum atomic E-state index is 7.28. The zero-order valence-electron chi connectivity index (χ0n) is 21.9. The average molecular weight is 501 g/mol. The van der Waals surface area contributed by atoms with Crippen molar-refractivity contribution in [2.24, 2.45) is 0 Å². The van der Waals surface area contributed by atoms with Gasteiger partial charge in [-0.2, -0.15) is 0 Å². The molecule has 0 bridgehead atoms. The highest BCUT2D eigenvalue weighted by molar-refractivity contribution is 6.08. The van der Waals surface area contributed by atoms with Gasteiger partial charge in [0.1, 0.15) is 5.75 Å². The Morgan fingerprint density at radius 3 is 2.08 bits per heavy atom. The van der Waals surface area contributed by atoms with Crippen LogP contribution in [0.3, 0.4) is 0 Å². The molecular weight excluding hydrogens is 472 g/mol. The van der Waals surface area contributed by atoms with Gasteiger partial charge in [0.25, 0.3) is 0 Å². The van der Waals surface area contributed by atoms with Crippen LogP contribution in [0.4, 0.5) is 0 Å². The van der Waals surface area contributed by atoms with Gasteiger partial charge in [-0.15, -0.1) is 0 Å². The summed E-state index contributed by atoms with van der Waals surface area (Å²) in [6, 6.07) is 41.6. The molecule has 1 nitrogen and oxygen atoms in total. The maximum Gasteiger partial charge on any atom is 0.178 e. The molecule has 0 N–H and O–H groups in total. The van der Waals surface area contributed by atoms with Crippen molar-refractivity contribution in [2.45, 2.75) is 25.4 Å². The van der Waals surface area contributed by atoms with E-state index in [1.54, 1.807) is 0 Å². The summed E-state index contributed by atoms with van der Waals surface area (Å²) in [5.74, 6) is 0.987. The second-order valence-electron chi connectivity index (χ2n) is 10.9. The lowest BCUT2D eigenvalue weighted by Crippen LogP contribution is -2.34. The Morgan fingerprint density at radius 2 is 1.26 bits per heavy atom. The van der Waals surface area contributed by atoms with E-state index >= 15 is 0 Å². The molecule has 0 radical (unpaired) electrons. The van der Waals surface area contributed by atoms with Crippen LogP contribution in [0.1, 0.15) is 33.4 Å². The van der Waals surface area contributed by atoms with Crippen molar-refractivity contribution in [2.75, 3.05) is 0 Å². The van der Waals surface area contributed by atoms with Gasteiger partial charge in [0.05, 0.1) is 0 Å². The van der Waals surface area contributed by atoms with Gasteiger partial charge in [0.15, 0.2) is 5.60 Å². The number of ether oxygens (including phenoxy) is 1. The van der Waals surface area contributed by atoms with Crippen LogP contribution in [0.15, 0.2) is 121 Å². The van der Waals surface area contributed by atoms with E-state index in [1.807, 2.05) is 0 Å². The molecule has 0 amide bonds. The molecule has 1 aliphatic heterocycles. The van der Waals surface area contributed by atoms with Gasteiger partial charge in [-0.1, -0.05) is 127 Å². The maximum absolute atomic E-state index is 7.28. The quantitative estimate of drug-likeness (QED) is 0.230. The topological polar surface area (TPSA) is 9.23 Å². The molecular formula is C38H28O. The van der Waals surface area contributed by atoms with E-state index in [4.69, 9.17) is 4.74 Å². The molecule has 1 atom stereocenters. The van der Waals surface area contributed by atoms with Gasteiger partial charge in [-0.3, -0.25) is 0 Å². The highest BCUT2D eigenvalue weighted by Gasteiger charge is 2.39. The van der Waals surface area contributed by atoms with Crippen LogP contribution in [0.2, 0.25) is 0 Å². The fraction of sp³-hybridized carbons (Fsp3) is 0.105. The second-order valence-corrected chi connectivity index (χ2v) is 10.9. The number of rotatable bonds is 2. The number of hydrogen-bond donors (Lipinski definition) is 0. The van der Waals surface area contributed by atoms with Crippen molar-refractivity contribution in [3.05, 3.63) is 155 Å². The van der Waals surface area contributed by atoms with Crippen molar-refractivity contribution in [3.8, 4) is 16.9 Å². The Labute approximate surface area is 229 Å². The van der Waals surface area contributed by atoms with Crippen LogP contribution < -0.4 is 4.74 Å². The molecule has 8 rings (SSSR count). The summed E-state index contributed by atoms with van der Waals surface area (Å²) < 4.78 is 7.28. The van der Waals surface area contributed by atoms with E-state index in [0.717, 1.165) is 29.7 Å². The minimum absolute atomic E-state index is 0.693. The minimum atomic E-state index is -0.693. The molecule has 2 aliphatic rings. The van der Waals surface area contributed by atoms with Crippen LogP contribution in [-0.2, 0) is 18.4 Å². The molecule has 6 aromatic rings. The van der Waals surface area contributed by atoms with E-state index in [2.05, 4.69) is 134 Å². The molecule has 1 aliphatic carbocycles. The first-order chi connectivity index (χ1) is 19.2. The smallest absolute Gasteiger partial charge is 0.178 e. The fourth-order valence-electron chi connectivity index (χ4n) is 6.78. The normalized spacial score (nSPS) is 17.4. The monoisotopic (exact) mass is 500 g/mol. The lowest BCUT2D eigenvalue weighted by atomic mass is 9.76.